The van der Waals surface area contributed by atoms with Crippen LogP contribution in [0.3, 0.4) is 0 Å². The molecule has 0 bridgehead atoms. The van der Waals surface area contributed by atoms with Gasteiger partial charge in [-0.15, -0.1) is 0 Å². The van der Waals surface area contributed by atoms with E-state index in [2.05, 4.69) is 17.4 Å². The van der Waals surface area contributed by atoms with Crippen molar-refractivity contribution >= 4 is 153 Å². The van der Waals surface area contributed by atoms with Gasteiger partial charge in [-0.1, -0.05) is 36.4 Å². The van der Waals surface area contributed by atoms with Gasteiger partial charge >= 0.3 is 0 Å². The van der Waals surface area contributed by atoms with E-state index in [1.807, 2.05) is 105 Å². The second-order valence-electron chi connectivity index (χ2n) is 16.5. The molecule has 0 spiro atoms. The normalized spacial score (nSPS) is 12.8. The summed E-state index contributed by atoms with van der Waals surface area (Å²) in [5.41, 5.74) is 12.7. The number of imidazole rings is 2. The molecule has 12 heteroatoms. The lowest BCUT2D eigenvalue weighted by Crippen LogP contribution is -2.14. The van der Waals surface area contributed by atoms with E-state index in [-0.39, 0.29) is 21.7 Å². The third kappa shape index (κ3) is 3.61. The summed E-state index contributed by atoms with van der Waals surface area (Å²) >= 11 is 0. The SMILES string of the molecule is CNc1ccc2c(c1)nc1c3cc(N)c4c5ccc6c7ccc8c(=O)n9c%10ccc(N(C)C)cc%10nc9c9cc([N+](=O)[O-])c(c%10ccc(c%11ccc(c(=O)n21)c3c%114)c5c6%10)c7c89. The molecule has 0 amide bonds. The van der Waals surface area contributed by atoms with Crippen LogP contribution in [0.25, 0.3) is 130 Å². The smallest absolute Gasteiger partial charge is 0.278 e. The van der Waals surface area contributed by atoms with Crippen LogP contribution in [0.1, 0.15) is 0 Å². The maximum Gasteiger partial charge on any atom is 0.278 e. The van der Waals surface area contributed by atoms with Gasteiger partial charge < -0.3 is 16.0 Å². The number of nitrogens with two attached hydrogens (primary N) is 1. The molecule has 0 aliphatic carbocycles. The zero-order valence-corrected chi connectivity index (χ0v) is 32.6. The van der Waals surface area contributed by atoms with E-state index in [9.17, 15) is 19.7 Å². The topological polar surface area (TPSA) is 153 Å². The molecule has 0 aliphatic rings. The Labute approximate surface area is 340 Å². The molecule has 4 aromatic heterocycles. The molecule has 0 saturated heterocycles. The number of fused-ring (bicyclic) bond motifs is 12. The number of benzene rings is 10. The van der Waals surface area contributed by atoms with Crippen molar-refractivity contribution in [3.05, 3.63) is 128 Å². The molecule has 14 aromatic rings. The minimum atomic E-state index is -0.324. The number of hydrogen-bond acceptors (Lipinski definition) is 9. The van der Waals surface area contributed by atoms with Crippen LogP contribution < -0.4 is 27.1 Å². The van der Waals surface area contributed by atoms with Gasteiger partial charge in [0.1, 0.15) is 11.3 Å². The van der Waals surface area contributed by atoms with Crippen molar-refractivity contribution in [1.29, 1.82) is 0 Å². The summed E-state index contributed by atoms with van der Waals surface area (Å²) in [7, 11) is 5.73. The number of nitrogens with zero attached hydrogens (tertiary/aromatic N) is 6. The predicted molar refractivity (Wildman–Crippen MR) is 249 cm³/mol. The van der Waals surface area contributed by atoms with Crippen molar-refractivity contribution in [2.75, 3.05) is 37.1 Å². The first-order valence-corrected chi connectivity index (χ1v) is 19.9. The summed E-state index contributed by atoms with van der Waals surface area (Å²) in [5.74, 6) is 0. The zero-order chi connectivity index (χ0) is 41.1. The lowest BCUT2D eigenvalue weighted by Gasteiger charge is -2.21. The maximum atomic E-state index is 14.5. The van der Waals surface area contributed by atoms with E-state index in [0.717, 1.165) is 76.1 Å². The van der Waals surface area contributed by atoms with Gasteiger partial charge in [0, 0.05) is 92.7 Å². The quantitative estimate of drug-likeness (QED) is 0.0585. The molecule has 0 saturated carbocycles. The standard InChI is InChI=1S/C49H28N8O4/c1-51-20-4-14-35-33(16-20)52-46-30-18-32(50)42-26-10-6-23-25-9-13-29-41-31(47-53-34-17-21(54(2)3)5-15-36(34)56(47)49(29)59)19-37(57(60)61)43(45(25)41)27-11-7-22(38(26)39(23)27)24-8-12-28(40(30)44(24)42)48(58)55(35)46/h4-19,51H,50H2,1-3H3. The number of nitrogens with one attached hydrogen (secondary N) is 1. The molecule has 0 fully saturated rings. The monoisotopic (exact) mass is 792 g/mol. The Hall–Kier alpha value is -8.38. The van der Waals surface area contributed by atoms with Gasteiger partial charge in [-0.25, -0.2) is 9.97 Å². The number of non-ortho nitro benzene ring substituents is 1. The Balaban J connectivity index is 1.16. The summed E-state index contributed by atoms with van der Waals surface area (Å²) in [6.07, 6.45) is 0. The van der Waals surface area contributed by atoms with E-state index in [0.29, 0.717) is 71.2 Å². The molecule has 0 radical (unpaired) electrons. The Morgan fingerprint density at radius 3 is 1.61 bits per heavy atom. The molecule has 12 nitrogen and oxygen atoms in total. The van der Waals surface area contributed by atoms with E-state index >= 15 is 0 Å². The van der Waals surface area contributed by atoms with Crippen molar-refractivity contribution < 1.29 is 4.92 Å². The highest BCUT2D eigenvalue weighted by Gasteiger charge is 2.29. The Morgan fingerprint density at radius 2 is 1.03 bits per heavy atom. The Bertz CT molecular complexity index is 4520. The number of hydrogen-bond donors (Lipinski definition) is 2. The van der Waals surface area contributed by atoms with Gasteiger partial charge in [-0.2, -0.15) is 0 Å². The highest BCUT2D eigenvalue weighted by molar-refractivity contribution is 6.47. The highest BCUT2D eigenvalue weighted by atomic mass is 16.6. The number of nitro benzene ring substituents is 1. The lowest BCUT2D eigenvalue weighted by atomic mass is 9.82. The molecule has 14 rings (SSSR count). The third-order valence-electron chi connectivity index (χ3n) is 13.5. The molecule has 0 unspecified atom stereocenters. The van der Waals surface area contributed by atoms with Crippen LogP contribution in [-0.2, 0) is 0 Å². The van der Waals surface area contributed by atoms with Crippen LogP contribution in [0, 0.1) is 10.1 Å². The van der Waals surface area contributed by atoms with Crippen LogP contribution in [0.15, 0.2) is 107 Å². The first kappa shape index (κ1) is 32.6. The first-order chi connectivity index (χ1) is 29.6. The molecule has 10 aromatic carbocycles. The van der Waals surface area contributed by atoms with Gasteiger partial charge in [0.2, 0.25) is 0 Å². The summed E-state index contributed by atoms with van der Waals surface area (Å²) in [5, 5.41) is 30.1. The second-order valence-corrected chi connectivity index (χ2v) is 16.5. The van der Waals surface area contributed by atoms with Crippen molar-refractivity contribution in [3.63, 3.8) is 0 Å². The van der Waals surface area contributed by atoms with Crippen LogP contribution in [-0.4, -0.2) is 44.8 Å². The van der Waals surface area contributed by atoms with Gasteiger partial charge in [-0.3, -0.25) is 28.5 Å². The van der Waals surface area contributed by atoms with Crippen molar-refractivity contribution in [2.24, 2.45) is 0 Å². The fourth-order valence-electron chi connectivity index (χ4n) is 11.0. The fraction of sp³-hybridized carbons (Fsp3) is 0.0612. The van der Waals surface area contributed by atoms with Crippen LogP contribution >= 0.6 is 0 Å². The summed E-state index contributed by atoms with van der Waals surface area (Å²) < 4.78 is 3.27. The highest BCUT2D eigenvalue weighted by Crippen LogP contribution is 2.52. The van der Waals surface area contributed by atoms with Crippen LogP contribution in [0.2, 0.25) is 0 Å². The van der Waals surface area contributed by atoms with Gasteiger partial charge in [0.15, 0.2) is 0 Å². The van der Waals surface area contributed by atoms with Crippen LogP contribution in [0.5, 0.6) is 0 Å². The molecular formula is C49H28N8O4. The second kappa shape index (κ2) is 10.4. The molecule has 4 heterocycles. The van der Waals surface area contributed by atoms with Crippen LogP contribution in [0.4, 0.5) is 22.7 Å². The summed E-state index contributed by atoms with van der Waals surface area (Å²) in [6, 6.07) is 30.9. The van der Waals surface area contributed by atoms with E-state index < -0.39 is 0 Å². The molecule has 61 heavy (non-hydrogen) atoms. The van der Waals surface area contributed by atoms with E-state index in [4.69, 9.17) is 15.7 Å². The van der Waals surface area contributed by atoms with Crippen molar-refractivity contribution in [2.45, 2.75) is 0 Å². The molecule has 288 valence electrons. The maximum absolute atomic E-state index is 14.5. The third-order valence-corrected chi connectivity index (χ3v) is 13.5. The zero-order valence-electron chi connectivity index (χ0n) is 32.6. The molecule has 0 atom stereocenters. The summed E-state index contributed by atoms with van der Waals surface area (Å²) in [4.78, 5) is 53.9. The first-order valence-electron chi connectivity index (χ1n) is 19.9. The van der Waals surface area contributed by atoms with E-state index in [1.165, 1.54) is 0 Å². The number of nitro groups is 1. The largest absolute Gasteiger partial charge is 0.398 e. The van der Waals surface area contributed by atoms with E-state index in [1.54, 1.807) is 14.9 Å². The summed E-state index contributed by atoms with van der Waals surface area (Å²) in [6.45, 7) is 0. The molecule has 0 aliphatic heterocycles. The number of anilines is 3. The Morgan fingerprint density at radius 1 is 0.557 bits per heavy atom. The average molecular weight is 793 g/mol. The minimum absolute atomic E-state index is 0.0633. The Kier molecular flexibility index (Phi) is 5.57. The molecule has 3 N–H and O–H groups in total. The predicted octanol–water partition coefficient (Wildman–Crippen LogP) is 9.74. The number of aromatic nitrogens is 4. The van der Waals surface area contributed by atoms with Gasteiger partial charge in [0.05, 0.1) is 32.4 Å². The fourth-order valence-corrected chi connectivity index (χ4v) is 11.0. The number of rotatable bonds is 3. The average Bonchev–Trinajstić information content (AvgIpc) is 3.85. The molecular weight excluding hydrogens is 765 g/mol. The number of nitrogen functional groups attached to an aromatic ring is 1. The lowest BCUT2D eigenvalue weighted by molar-refractivity contribution is -0.382. The van der Waals surface area contributed by atoms with Gasteiger partial charge in [0.25, 0.3) is 16.8 Å². The van der Waals surface area contributed by atoms with Crippen molar-refractivity contribution in [1.82, 2.24) is 18.8 Å². The van der Waals surface area contributed by atoms with Crippen molar-refractivity contribution in [3.8, 4) is 0 Å². The minimum Gasteiger partial charge on any atom is -0.398 e. The van der Waals surface area contributed by atoms with Gasteiger partial charge in [-0.05, 0) is 97.7 Å². The number of pyridine rings is 2.